The number of hydrogen-bond acceptors (Lipinski definition) is 6. The Balaban J connectivity index is 1.73. The molecule has 1 saturated heterocycles. The normalized spacial score (nSPS) is 17.0. The van der Waals surface area contributed by atoms with E-state index in [0.717, 1.165) is 18.4 Å². The second kappa shape index (κ2) is 7.65. The molecular weight excluding hydrogens is 336 g/mol. The van der Waals surface area contributed by atoms with Crippen molar-refractivity contribution in [1.82, 2.24) is 14.7 Å². The fourth-order valence-electron chi connectivity index (χ4n) is 3.68. The molecule has 0 bridgehead atoms. The first-order valence-corrected chi connectivity index (χ1v) is 8.61. The second-order valence-electron chi connectivity index (χ2n) is 6.48. The number of ether oxygens (including phenoxy) is 1. The van der Waals surface area contributed by atoms with Gasteiger partial charge in [0.1, 0.15) is 11.4 Å². The molecule has 1 aromatic carbocycles. The van der Waals surface area contributed by atoms with Crippen LogP contribution >= 0.6 is 0 Å². The van der Waals surface area contributed by atoms with Gasteiger partial charge in [0.15, 0.2) is 6.23 Å². The van der Waals surface area contributed by atoms with E-state index in [4.69, 9.17) is 4.74 Å². The van der Waals surface area contributed by atoms with Crippen molar-refractivity contribution in [2.24, 2.45) is 0 Å². The molecule has 8 heteroatoms. The average Bonchev–Trinajstić information content (AvgIpc) is 2.95. The number of rotatable bonds is 6. The Kier molecular flexibility index (Phi) is 5.32. The molecule has 0 amide bonds. The van der Waals surface area contributed by atoms with Crippen LogP contribution in [0.3, 0.4) is 0 Å². The third-order valence-electron chi connectivity index (χ3n) is 4.92. The van der Waals surface area contributed by atoms with Crippen LogP contribution in [0.5, 0.6) is 0 Å². The van der Waals surface area contributed by atoms with E-state index in [1.54, 1.807) is 18.5 Å². The van der Waals surface area contributed by atoms with Gasteiger partial charge in [-0.3, -0.25) is 24.5 Å². The third kappa shape index (κ3) is 3.45. The molecule has 0 N–H and O–H groups in total. The van der Waals surface area contributed by atoms with Crippen LogP contribution in [0.4, 0.5) is 5.69 Å². The Hall–Kier alpha value is -2.74. The SMILES string of the molecule is Cc1nn(C2CCN(C(OC=O)c3ccccc3)CC2)c(C)c1[N+](=O)[O-]. The zero-order valence-electron chi connectivity index (χ0n) is 14.9. The van der Waals surface area contributed by atoms with E-state index in [0.29, 0.717) is 30.9 Å². The lowest BCUT2D eigenvalue weighted by Crippen LogP contribution is -2.38. The molecule has 26 heavy (non-hydrogen) atoms. The number of carbonyl (C=O) groups is 1. The van der Waals surface area contributed by atoms with E-state index in [1.807, 2.05) is 30.3 Å². The molecule has 1 aliphatic rings. The van der Waals surface area contributed by atoms with Crippen LogP contribution < -0.4 is 0 Å². The van der Waals surface area contributed by atoms with E-state index in [2.05, 4.69) is 10.00 Å². The quantitative estimate of drug-likeness (QED) is 0.448. The Bertz CT molecular complexity index is 782. The van der Waals surface area contributed by atoms with Crippen molar-refractivity contribution >= 4 is 12.2 Å². The molecule has 8 nitrogen and oxygen atoms in total. The number of benzene rings is 1. The monoisotopic (exact) mass is 358 g/mol. The lowest BCUT2D eigenvalue weighted by molar-refractivity contribution is -0.386. The van der Waals surface area contributed by atoms with Gasteiger partial charge in [-0.15, -0.1) is 0 Å². The number of nitro groups is 1. The summed E-state index contributed by atoms with van der Waals surface area (Å²) in [7, 11) is 0. The molecule has 2 heterocycles. The minimum Gasteiger partial charge on any atom is -0.444 e. The first kappa shape index (κ1) is 18.1. The lowest BCUT2D eigenvalue weighted by Gasteiger charge is -2.36. The Labute approximate surface area is 151 Å². The highest BCUT2D eigenvalue weighted by atomic mass is 16.6. The van der Waals surface area contributed by atoms with Crippen molar-refractivity contribution in [3.63, 3.8) is 0 Å². The average molecular weight is 358 g/mol. The molecule has 0 aliphatic carbocycles. The lowest BCUT2D eigenvalue weighted by atomic mass is 10.0. The van der Waals surface area contributed by atoms with Crippen molar-refractivity contribution in [2.45, 2.75) is 39.0 Å². The van der Waals surface area contributed by atoms with Gasteiger partial charge in [0.25, 0.3) is 6.47 Å². The van der Waals surface area contributed by atoms with Gasteiger partial charge >= 0.3 is 5.69 Å². The van der Waals surface area contributed by atoms with E-state index in [1.165, 1.54) is 0 Å². The van der Waals surface area contributed by atoms with Gasteiger partial charge in [0.2, 0.25) is 0 Å². The maximum atomic E-state index is 11.2. The summed E-state index contributed by atoms with van der Waals surface area (Å²) >= 11 is 0. The van der Waals surface area contributed by atoms with Crippen LogP contribution in [-0.4, -0.2) is 39.2 Å². The highest BCUT2D eigenvalue weighted by Gasteiger charge is 2.31. The van der Waals surface area contributed by atoms with Crippen molar-refractivity contribution in [3.05, 3.63) is 57.4 Å². The molecule has 1 aromatic heterocycles. The summed E-state index contributed by atoms with van der Waals surface area (Å²) in [5.41, 5.74) is 2.06. The predicted octanol–water partition coefficient (Wildman–Crippen LogP) is 2.92. The molecular formula is C18H22N4O4. The van der Waals surface area contributed by atoms with E-state index >= 15 is 0 Å². The van der Waals surface area contributed by atoms with Gasteiger partial charge < -0.3 is 4.74 Å². The van der Waals surface area contributed by atoms with E-state index in [9.17, 15) is 14.9 Å². The number of aryl methyl sites for hydroxylation is 1. The summed E-state index contributed by atoms with van der Waals surface area (Å²) in [4.78, 5) is 23.9. The maximum absolute atomic E-state index is 11.2. The summed E-state index contributed by atoms with van der Waals surface area (Å²) in [6.45, 7) is 5.31. The Morgan fingerprint density at radius 2 is 1.92 bits per heavy atom. The largest absolute Gasteiger partial charge is 0.444 e. The molecule has 1 aliphatic heterocycles. The minimum absolute atomic E-state index is 0.0962. The molecule has 3 rings (SSSR count). The summed E-state index contributed by atoms with van der Waals surface area (Å²) in [5, 5.41) is 15.6. The van der Waals surface area contributed by atoms with Crippen molar-refractivity contribution in [1.29, 1.82) is 0 Å². The number of carbonyl (C=O) groups excluding carboxylic acids is 1. The van der Waals surface area contributed by atoms with E-state index < -0.39 is 6.23 Å². The Morgan fingerprint density at radius 3 is 2.46 bits per heavy atom. The molecule has 0 spiro atoms. The number of likely N-dealkylation sites (tertiary alicyclic amines) is 1. The minimum atomic E-state index is -0.413. The molecule has 138 valence electrons. The molecule has 1 atom stereocenters. The van der Waals surface area contributed by atoms with Crippen LogP contribution in [0, 0.1) is 24.0 Å². The van der Waals surface area contributed by atoms with Gasteiger partial charge in [-0.1, -0.05) is 30.3 Å². The fourth-order valence-corrected chi connectivity index (χ4v) is 3.68. The number of nitrogens with zero attached hydrogens (tertiary/aromatic N) is 4. The number of hydrogen-bond donors (Lipinski definition) is 0. The molecule has 1 fully saturated rings. The molecule has 1 unspecified atom stereocenters. The van der Waals surface area contributed by atoms with Gasteiger partial charge in [0, 0.05) is 18.7 Å². The van der Waals surface area contributed by atoms with Gasteiger partial charge in [-0.05, 0) is 26.7 Å². The predicted molar refractivity (Wildman–Crippen MR) is 94.5 cm³/mol. The third-order valence-corrected chi connectivity index (χ3v) is 4.92. The maximum Gasteiger partial charge on any atom is 0.312 e. The first-order valence-electron chi connectivity index (χ1n) is 8.61. The molecule has 0 saturated carbocycles. The van der Waals surface area contributed by atoms with Crippen LogP contribution in [0.25, 0.3) is 0 Å². The van der Waals surface area contributed by atoms with Gasteiger partial charge in [-0.2, -0.15) is 5.10 Å². The summed E-state index contributed by atoms with van der Waals surface area (Å²) in [6.07, 6.45) is 1.15. The zero-order valence-corrected chi connectivity index (χ0v) is 14.9. The van der Waals surface area contributed by atoms with Crippen molar-refractivity contribution < 1.29 is 14.5 Å². The van der Waals surface area contributed by atoms with Crippen LogP contribution in [0.2, 0.25) is 0 Å². The van der Waals surface area contributed by atoms with Crippen LogP contribution in [0.1, 0.15) is 42.1 Å². The topological polar surface area (TPSA) is 90.5 Å². The van der Waals surface area contributed by atoms with Crippen LogP contribution in [0.15, 0.2) is 30.3 Å². The van der Waals surface area contributed by atoms with E-state index in [-0.39, 0.29) is 16.7 Å². The second-order valence-corrected chi connectivity index (χ2v) is 6.48. The summed E-state index contributed by atoms with van der Waals surface area (Å²) in [6, 6.07) is 9.72. The smallest absolute Gasteiger partial charge is 0.312 e. The van der Waals surface area contributed by atoms with Crippen molar-refractivity contribution in [3.8, 4) is 0 Å². The highest BCUT2D eigenvalue weighted by Crippen LogP contribution is 2.32. The Morgan fingerprint density at radius 1 is 1.27 bits per heavy atom. The first-order chi connectivity index (χ1) is 12.5. The van der Waals surface area contributed by atoms with Crippen LogP contribution in [-0.2, 0) is 9.53 Å². The fraction of sp³-hybridized carbons (Fsp3) is 0.444. The highest BCUT2D eigenvalue weighted by molar-refractivity contribution is 5.40. The van der Waals surface area contributed by atoms with Crippen molar-refractivity contribution in [2.75, 3.05) is 13.1 Å². The van der Waals surface area contributed by atoms with Gasteiger partial charge in [0.05, 0.1) is 11.0 Å². The number of piperidine rings is 1. The molecule has 2 aromatic rings. The standard InChI is InChI=1S/C18H22N4O4/c1-13-17(22(24)25)14(2)21(19-13)16-8-10-20(11-9-16)18(26-12-23)15-6-4-3-5-7-15/h3-7,12,16,18H,8-11H2,1-2H3. The molecule has 0 radical (unpaired) electrons. The van der Waals surface area contributed by atoms with Gasteiger partial charge in [-0.25, -0.2) is 0 Å². The summed E-state index contributed by atoms with van der Waals surface area (Å²) < 4.78 is 7.10. The number of aromatic nitrogens is 2. The summed E-state index contributed by atoms with van der Waals surface area (Å²) in [5.74, 6) is 0. The zero-order chi connectivity index (χ0) is 18.7.